The van der Waals surface area contributed by atoms with Crippen molar-refractivity contribution in [2.45, 2.75) is 0 Å². The zero-order valence-corrected chi connectivity index (χ0v) is 36.0. The van der Waals surface area contributed by atoms with Crippen LogP contribution in [0.4, 0.5) is 17.1 Å². The van der Waals surface area contributed by atoms with Gasteiger partial charge in [-0.1, -0.05) is 97.1 Å². The fourth-order valence-electron chi connectivity index (χ4n) is 4.99. The van der Waals surface area contributed by atoms with E-state index in [0.29, 0.717) is 27.5 Å². The average Bonchev–Trinajstić information content (AvgIpc) is 3.27. The van der Waals surface area contributed by atoms with Crippen molar-refractivity contribution in [3.05, 3.63) is 146 Å². The Morgan fingerprint density at radius 1 is 0.385 bits per heavy atom. The maximum absolute atomic E-state index is 8.98. The third kappa shape index (κ3) is 21.5. The second kappa shape index (κ2) is 30.2. The van der Waals surface area contributed by atoms with Crippen LogP contribution in [0.3, 0.4) is 0 Å². The Morgan fingerprint density at radius 3 is 1.12 bits per heavy atom. The van der Waals surface area contributed by atoms with Gasteiger partial charge in [-0.2, -0.15) is 0 Å². The summed E-state index contributed by atoms with van der Waals surface area (Å²) in [4.78, 5) is 3.75. The van der Waals surface area contributed by atoms with E-state index in [1.54, 1.807) is 78.9 Å². The number of phenolic OH excluding ortho intramolecular Hbond substituents is 3. The first kappa shape index (κ1) is 57.0. The van der Waals surface area contributed by atoms with E-state index in [0.717, 1.165) is 11.4 Å². The molecule has 0 saturated heterocycles. The molecular formula is C40H54B6N4O15. The number of aromatic hydroxyl groups is 3. The van der Waals surface area contributed by atoms with Crippen LogP contribution in [0.2, 0.25) is 0 Å². The van der Waals surface area contributed by atoms with Crippen LogP contribution in [-0.4, -0.2) is 147 Å². The molecule has 0 bridgehead atoms. The molecule has 0 unspecified atom stereocenters. The minimum atomic E-state index is -1.60. The maximum Gasteiger partial charge on any atom is 0.492 e. The number of phenols is 3. The molecule has 18 N–H and O–H groups in total. The lowest BCUT2D eigenvalue weighted by molar-refractivity contribution is 0.418. The quantitative estimate of drug-likeness (QED) is 0.0366. The van der Waals surface area contributed by atoms with Crippen LogP contribution >= 0.6 is 0 Å². The lowest BCUT2D eigenvalue weighted by atomic mass is 9.79. The molecule has 0 saturated carbocycles. The van der Waals surface area contributed by atoms with Gasteiger partial charge in [0.15, 0.2) is 0 Å². The number of nitrogens with one attached hydrogen (secondary N) is 1. The van der Waals surface area contributed by atoms with Gasteiger partial charge >= 0.3 is 42.7 Å². The van der Waals surface area contributed by atoms with Crippen molar-refractivity contribution in [2.24, 2.45) is 5.84 Å². The molecule has 0 atom stereocenters. The zero-order valence-electron chi connectivity index (χ0n) is 36.0. The molecule has 0 heterocycles. The number of anilines is 3. The topological polar surface area (TPSA) is 348 Å². The van der Waals surface area contributed by atoms with E-state index in [-0.39, 0.29) is 28.2 Å². The molecule has 0 aliphatic carbocycles. The molecule has 6 aromatic rings. The monoisotopic (exact) mass is 896 g/mol. The summed E-state index contributed by atoms with van der Waals surface area (Å²) >= 11 is 0. The predicted molar refractivity (Wildman–Crippen MR) is 259 cm³/mol. The molecule has 65 heavy (non-hydrogen) atoms. The van der Waals surface area contributed by atoms with Crippen molar-refractivity contribution in [3.8, 4) is 17.2 Å². The number of nitrogen functional groups attached to an aromatic ring is 1. The Kier molecular flexibility index (Phi) is 26.5. The largest absolute Gasteiger partial charge is 0.508 e. The third-order valence-corrected chi connectivity index (χ3v) is 8.40. The fourth-order valence-corrected chi connectivity index (χ4v) is 4.99. The first-order valence-corrected chi connectivity index (χ1v) is 19.2. The molecule has 6 aromatic carbocycles. The zero-order chi connectivity index (χ0) is 49.2. The summed E-state index contributed by atoms with van der Waals surface area (Å²) in [6.45, 7) is 0. The van der Waals surface area contributed by atoms with Crippen molar-refractivity contribution in [2.75, 3.05) is 43.4 Å². The first-order valence-electron chi connectivity index (χ1n) is 19.2. The van der Waals surface area contributed by atoms with E-state index in [1.807, 2.05) is 56.2 Å². The van der Waals surface area contributed by atoms with Crippen molar-refractivity contribution in [3.63, 3.8) is 0 Å². The number of hydrazine groups is 1. The molecule has 0 aliphatic heterocycles. The predicted octanol–water partition coefficient (Wildman–Crippen LogP) is -5.27. The van der Waals surface area contributed by atoms with E-state index >= 15 is 0 Å². The Morgan fingerprint density at radius 2 is 0.785 bits per heavy atom. The second-order valence-electron chi connectivity index (χ2n) is 13.6. The highest BCUT2D eigenvalue weighted by Crippen LogP contribution is 2.08. The van der Waals surface area contributed by atoms with Gasteiger partial charge in [0.1, 0.15) is 17.2 Å². The van der Waals surface area contributed by atoms with Crippen molar-refractivity contribution >= 4 is 92.5 Å². The van der Waals surface area contributed by atoms with Gasteiger partial charge in [0.05, 0.1) is 0 Å². The first-order chi connectivity index (χ1) is 30.6. The molecule has 0 aliphatic rings. The van der Waals surface area contributed by atoms with E-state index in [2.05, 4.69) is 5.43 Å². The van der Waals surface area contributed by atoms with Gasteiger partial charge in [-0.3, -0.25) is 5.84 Å². The van der Waals surface area contributed by atoms with Gasteiger partial charge in [0, 0.05) is 67.1 Å². The minimum absolute atomic E-state index is 0.0995. The summed E-state index contributed by atoms with van der Waals surface area (Å²) in [7, 11) is -1.38. The number of nitrogens with two attached hydrogens (primary N) is 1. The van der Waals surface area contributed by atoms with Gasteiger partial charge < -0.3 is 90.8 Å². The van der Waals surface area contributed by atoms with Crippen molar-refractivity contribution < 1.29 is 75.6 Å². The summed E-state index contributed by atoms with van der Waals surface area (Å²) in [5, 5.41) is 132. The Hall–Kier alpha value is -6.01. The highest BCUT2D eigenvalue weighted by atomic mass is 16.4. The van der Waals surface area contributed by atoms with Gasteiger partial charge in [-0.25, -0.2) is 0 Å². The van der Waals surface area contributed by atoms with Crippen LogP contribution in [0.1, 0.15) is 0 Å². The summed E-state index contributed by atoms with van der Waals surface area (Å²) in [6.07, 6.45) is 0. The molecule has 25 heteroatoms. The van der Waals surface area contributed by atoms with Gasteiger partial charge in [-0.15, -0.1) is 0 Å². The van der Waals surface area contributed by atoms with Crippen LogP contribution in [-0.2, 0) is 0 Å². The van der Waals surface area contributed by atoms with Crippen LogP contribution in [0.15, 0.2) is 146 Å². The number of nitrogens with zero attached hydrogens (tertiary/aromatic N) is 2. The fraction of sp³-hybridized carbons (Fsp3) is 0.100. The smallest absolute Gasteiger partial charge is 0.492 e. The summed E-state index contributed by atoms with van der Waals surface area (Å²) in [6, 6.07) is 38.8. The lowest BCUT2D eigenvalue weighted by Crippen LogP contribution is -2.34. The number of hydrogen-bond acceptors (Lipinski definition) is 19. The minimum Gasteiger partial charge on any atom is -0.508 e. The third-order valence-electron chi connectivity index (χ3n) is 8.40. The Bertz CT molecular complexity index is 2130. The summed E-state index contributed by atoms with van der Waals surface area (Å²) < 4.78 is 0. The van der Waals surface area contributed by atoms with E-state index < -0.39 is 42.7 Å². The Balaban J connectivity index is 0.000000391. The molecule has 6 rings (SSSR count). The summed E-state index contributed by atoms with van der Waals surface area (Å²) in [5.41, 5.74) is 6.70. The normalized spacial score (nSPS) is 9.49. The molecule has 19 nitrogen and oxygen atoms in total. The van der Waals surface area contributed by atoms with E-state index in [1.165, 1.54) is 48.5 Å². The molecule has 0 spiro atoms. The standard InChI is InChI=1S/2C8H12BNO2.C6H9BN2O2.3C6H7BO3/c1-10(2)8-5-3-4-7(6-8)9(11)12;1-10(2)8-6-4-3-5-7(8)9(11)12;8-9-6-4-2-1-3-5(6)7(10)11;8-6-3-1-5(2-4-6)7(9)10;2*8-6-4-2-1-3-5(6)7(9)10/h2*3-6,11-12H,1-2H3;1-4,9-11H,8H2;3*1-4,8-10H. The maximum atomic E-state index is 8.98. The van der Waals surface area contributed by atoms with Crippen LogP contribution < -0.4 is 53.8 Å². The number of rotatable bonds is 9. The average molecular weight is 896 g/mol. The number of benzene rings is 6. The molecule has 342 valence electrons. The highest BCUT2D eigenvalue weighted by Gasteiger charge is 2.17. The number of para-hydroxylation sites is 4. The second-order valence-corrected chi connectivity index (χ2v) is 13.6. The van der Waals surface area contributed by atoms with Gasteiger partial charge in [-0.05, 0) is 59.5 Å². The van der Waals surface area contributed by atoms with Crippen molar-refractivity contribution in [1.82, 2.24) is 0 Å². The molecule has 0 aromatic heterocycles. The lowest BCUT2D eigenvalue weighted by Gasteiger charge is -2.16. The number of hydrogen-bond donors (Lipinski definition) is 17. The van der Waals surface area contributed by atoms with Crippen LogP contribution in [0.5, 0.6) is 17.2 Å². The SMILES string of the molecule is CN(C)c1cccc(B(O)O)c1.CN(C)c1ccccc1B(O)O.NNc1ccccc1B(O)O.OB(O)c1ccc(O)cc1.OB(O)c1ccccc1O.OB(O)c1ccccc1O. The van der Waals surface area contributed by atoms with Gasteiger partial charge in [0.25, 0.3) is 0 Å². The van der Waals surface area contributed by atoms with Crippen molar-refractivity contribution in [1.29, 1.82) is 0 Å². The van der Waals surface area contributed by atoms with E-state index in [9.17, 15) is 0 Å². The molecule has 0 amide bonds. The Labute approximate surface area is 379 Å². The summed E-state index contributed by atoms with van der Waals surface area (Å²) in [5.74, 6) is 5.03. The van der Waals surface area contributed by atoms with E-state index in [4.69, 9.17) is 81.5 Å². The molecule has 0 fully saturated rings. The molecule has 0 radical (unpaired) electrons. The van der Waals surface area contributed by atoms with Crippen LogP contribution in [0.25, 0.3) is 0 Å². The van der Waals surface area contributed by atoms with Crippen LogP contribution in [0, 0.1) is 0 Å². The van der Waals surface area contributed by atoms with Gasteiger partial charge in [0.2, 0.25) is 0 Å². The molecular weight excluding hydrogens is 841 g/mol. The highest BCUT2D eigenvalue weighted by molar-refractivity contribution is 6.61.